The molecule has 2 aromatic rings. The predicted octanol–water partition coefficient (Wildman–Crippen LogP) is 2.49. The van der Waals surface area contributed by atoms with Gasteiger partial charge in [-0.25, -0.2) is 4.68 Å². The van der Waals surface area contributed by atoms with Gasteiger partial charge in [-0.05, 0) is 31.5 Å². The number of halogens is 1. The molecule has 1 aromatic heterocycles. The average molecular weight is 224 g/mol. The topological polar surface area (TPSA) is 43.8 Å². The van der Waals surface area contributed by atoms with Crippen molar-refractivity contribution in [1.29, 1.82) is 0 Å². The van der Waals surface area contributed by atoms with Gasteiger partial charge in [0.25, 0.3) is 0 Å². The van der Waals surface area contributed by atoms with Crippen molar-refractivity contribution in [2.24, 2.45) is 0 Å². The molecule has 0 unspecified atom stereocenters. The Kier molecular flexibility index (Phi) is 3.37. The van der Waals surface area contributed by atoms with Crippen molar-refractivity contribution in [3.05, 3.63) is 41.6 Å². The van der Waals surface area contributed by atoms with Gasteiger partial charge in [-0.15, -0.1) is 12.4 Å². The molecule has 0 spiro atoms. The zero-order valence-corrected chi connectivity index (χ0v) is 9.58. The van der Waals surface area contributed by atoms with Gasteiger partial charge in [0.2, 0.25) is 0 Å². The first kappa shape index (κ1) is 11.6. The molecule has 0 radical (unpaired) electrons. The largest absolute Gasteiger partial charge is 0.384 e. The second kappa shape index (κ2) is 4.36. The summed E-state index contributed by atoms with van der Waals surface area (Å²) in [5, 5.41) is 4.31. The highest BCUT2D eigenvalue weighted by molar-refractivity contribution is 5.85. The number of hydrogen-bond acceptors (Lipinski definition) is 2. The zero-order valence-electron chi connectivity index (χ0n) is 8.77. The summed E-state index contributed by atoms with van der Waals surface area (Å²) in [5.41, 5.74) is 8.97. The van der Waals surface area contributed by atoms with Crippen LogP contribution in [0.4, 0.5) is 5.82 Å². The lowest BCUT2D eigenvalue weighted by Gasteiger charge is -2.04. The van der Waals surface area contributed by atoms with Crippen molar-refractivity contribution in [2.75, 3.05) is 5.73 Å². The van der Waals surface area contributed by atoms with Crippen LogP contribution in [0.15, 0.2) is 30.3 Å². The van der Waals surface area contributed by atoms with E-state index < -0.39 is 0 Å². The van der Waals surface area contributed by atoms with Gasteiger partial charge in [0, 0.05) is 6.07 Å². The summed E-state index contributed by atoms with van der Waals surface area (Å²) in [5.74, 6) is 0.674. The summed E-state index contributed by atoms with van der Waals surface area (Å²) in [6.07, 6.45) is 0. The average Bonchev–Trinajstić information content (AvgIpc) is 2.45. The Bertz CT molecular complexity index is 463. The van der Waals surface area contributed by atoms with Crippen molar-refractivity contribution < 1.29 is 0 Å². The highest BCUT2D eigenvalue weighted by Gasteiger charge is 2.03. The molecule has 3 nitrogen and oxygen atoms in total. The molecule has 4 heteroatoms. The Labute approximate surface area is 95.3 Å². The normalized spacial score (nSPS) is 9.73. The molecule has 1 heterocycles. The number of benzene rings is 1. The third-order valence-electron chi connectivity index (χ3n) is 2.11. The first-order chi connectivity index (χ1) is 6.66. The summed E-state index contributed by atoms with van der Waals surface area (Å²) < 4.78 is 1.75. The highest BCUT2D eigenvalue weighted by atomic mass is 35.5. The number of nitrogens with zero attached hydrogens (tertiary/aromatic N) is 2. The van der Waals surface area contributed by atoms with Crippen molar-refractivity contribution in [3.8, 4) is 5.69 Å². The standard InChI is InChI=1S/C11H13N3.ClH/c1-8-4-3-5-10(6-8)14-11(12)7-9(2)13-14;/h3-7H,12H2,1-2H3;1H. The molecule has 0 aliphatic rings. The van der Waals surface area contributed by atoms with Gasteiger partial charge in [-0.1, -0.05) is 12.1 Å². The maximum Gasteiger partial charge on any atom is 0.127 e. The van der Waals surface area contributed by atoms with Gasteiger partial charge in [-0.2, -0.15) is 5.10 Å². The molecule has 0 fully saturated rings. The van der Waals surface area contributed by atoms with Crippen LogP contribution in [0.2, 0.25) is 0 Å². The maximum atomic E-state index is 5.82. The van der Waals surface area contributed by atoms with Crippen molar-refractivity contribution in [1.82, 2.24) is 9.78 Å². The lowest BCUT2D eigenvalue weighted by Crippen LogP contribution is -2.01. The van der Waals surface area contributed by atoms with Crippen LogP contribution in [0.25, 0.3) is 5.69 Å². The van der Waals surface area contributed by atoms with Gasteiger partial charge < -0.3 is 5.73 Å². The number of nitrogen functional groups attached to an aromatic ring is 1. The molecular weight excluding hydrogens is 210 g/mol. The minimum absolute atomic E-state index is 0. The van der Waals surface area contributed by atoms with Crippen LogP contribution in [0, 0.1) is 13.8 Å². The van der Waals surface area contributed by atoms with Crippen molar-refractivity contribution in [2.45, 2.75) is 13.8 Å². The van der Waals surface area contributed by atoms with E-state index in [4.69, 9.17) is 5.73 Å². The summed E-state index contributed by atoms with van der Waals surface area (Å²) in [4.78, 5) is 0. The monoisotopic (exact) mass is 223 g/mol. The van der Waals surface area contributed by atoms with E-state index in [9.17, 15) is 0 Å². The molecule has 0 amide bonds. The molecule has 0 aliphatic carbocycles. The summed E-state index contributed by atoms with van der Waals surface area (Å²) in [6, 6.07) is 9.97. The molecular formula is C11H14ClN3. The molecule has 2 rings (SSSR count). The fourth-order valence-electron chi connectivity index (χ4n) is 1.49. The third kappa shape index (κ3) is 2.30. The van der Waals surface area contributed by atoms with E-state index in [-0.39, 0.29) is 12.4 Å². The molecule has 0 atom stereocenters. The Morgan fingerprint density at radius 2 is 1.93 bits per heavy atom. The molecule has 0 saturated heterocycles. The third-order valence-corrected chi connectivity index (χ3v) is 2.11. The van der Waals surface area contributed by atoms with E-state index in [0.29, 0.717) is 5.82 Å². The smallest absolute Gasteiger partial charge is 0.127 e. The van der Waals surface area contributed by atoms with Gasteiger partial charge in [0.15, 0.2) is 0 Å². The van der Waals surface area contributed by atoms with E-state index >= 15 is 0 Å². The first-order valence-electron chi connectivity index (χ1n) is 4.56. The minimum Gasteiger partial charge on any atom is -0.384 e. The summed E-state index contributed by atoms with van der Waals surface area (Å²) in [6.45, 7) is 3.98. The predicted molar refractivity (Wildman–Crippen MR) is 64.7 cm³/mol. The van der Waals surface area contributed by atoms with E-state index in [1.807, 2.05) is 25.1 Å². The summed E-state index contributed by atoms with van der Waals surface area (Å²) in [7, 11) is 0. The minimum atomic E-state index is 0. The molecule has 0 bridgehead atoms. The fraction of sp³-hybridized carbons (Fsp3) is 0.182. The van der Waals surface area contributed by atoms with E-state index in [1.165, 1.54) is 5.56 Å². The molecule has 0 saturated carbocycles. The van der Waals surface area contributed by atoms with Gasteiger partial charge >= 0.3 is 0 Å². The maximum absolute atomic E-state index is 5.82. The Balaban J connectivity index is 0.00000112. The van der Waals surface area contributed by atoms with Crippen LogP contribution >= 0.6 is 12.4 Å². The molecule has 15 heavy (non-hydrogen) atoms. The second-order valence-electron chi connectivity index (χ2n) is 3.46. The van der Waals surface area contributed by atoms with Crippen molar-refractivity contribution in [3.63, 3.8) is 0 Å². The van der Waals surface area contributed by atoms with Crippen LogP contribution < -0.4 is 5.73 Å². The number of nitrogens with two attached hydrogens (primary N) is 1. The van der Waals surface area contributed by atoms with Gasteiger partial charge in [-0.3, -0.25) is 0 Å². The first-order valence-corrected chi connectivity index (χ1v) is 4.56. The van der Waals surface area contributed by atoms with E-state index in [0.717, 1.165) is 11.4 Å². The van der Waals surface area contributed by atoms with Gasteiger partial charge in [0.1, 0.15) is 5.82 Å². The highest BCUT2D eigenvalue weighted by Crippen LogP contribution is 2.14. The zero-order chi connectivity index (χ0) is 10.1. The molecule has 2 N–H and O–H groups in total. The number of aryl methyl sites for hydroxylation is 2. The lowest BCUT2D eigenvalue weighted by molar-refractivity contribution is 0.871. The Morgan fingerprint density at radius 1 is 1.20 bits per heavy atom. The Morgan fingerprint density at radius 3 is 2.47 bits per heavy atom. The number of aromatic nitrogens is 2. The van der Waals surface area contributed by atoms with Crippen LogP contribution in [-0.4, -0.2) is 9.78 Å². The second-order valence-corrected chi connectivity index (χ2v) is 3.46. The lowest BCUT2D eigenvalue weighted by atomic mass is 10.2. The number of hydrogen-bond donors (Lipinski definition) is 1. The fourth-order valence-corrected chi connectivity index (χ4v) is 1.49. The van der Waals surface area contributed by atoms with Crippen molar-refractivity contribution >= 4 is 18.2 Å². The summed E-state index contributed by atoms with van der Waals surface area (Å²) >= 11 is 0. The van der Waals surface area contributed by atoms with Crippen LogP contribution in [-0.2, 0) is 0 Å². The van der Waals surface area contributed by atoms with Gasteiger partial charge in [0.05, 0.1) is 11.4 Å². The number of anilines is 1. The van der Waals surface area contributed by atoms with Crippen LogP contribution in [0.3, 0.4) is 0 Å². The van der Waals surface area contributed by atoms with E-state index in [1.54, 1.807) is 4.68 Å². The van der Waals surface area contributed by atoms with Crippen LogP contribution in [0.5, 0.6) is 0 Å². The molecule has 80 valence electrons. The van der Waals surface area contributed by atoms with Crippen LogP contribution in [0.1, 0.15) is 11.3 Å². The molecule has 0 aliphatic heterocycles. The molecule has 1 aromatic carbocycles. The number of rotatable bonds is 1. The SMILES string of the molecule is Cc1cccc(-n2nc(C)cc2N)c1.Cl. The van der Waals surface area contributed by atoms with E-state index in [2.05, 4.69) is 24.2 Å². The quantitative estimate of drug-likeness (QED) is 0.807. The Hall–Kier alpha value is -1.48.